The quantitative estimate of drug-likeness (QED) is 0.736. The van der Waals surface area contributed by atoms with Crippen LogP contribution in [0, 0.1) is 0 Å². The standard InChI is InChI=1S/C20H18O6S/c1-13(19(21)22)11-15-7-3-5-9-17(15)27(25,26)18-10-6-4-8-16(18)12-14(2)20(23)24/h3-12H,1-2H3,(H,21,22)(H,23,24). The lowest BCUT2D eigenvalue weighted by Gasteiger charge is -2.11. The molecule has 2 rings (SSSR count). The number of carboxylic acids is 2. The molecular weight excluding hydrogens is 368 g/mol. The summed E-state index contributed by atoms with van der Waals surface area (Å²) in [5.74, 6) is -2.30. The fraction of sp³-hybridized carbons (Fsp3) is 0.100. The number of hydrogen-bond donors (Lipinski definition) is 2. The molecule has 0 amide bonds. The Morgan fingerprint density at radius 2 is 1.07 bits per heavy atom. The van der Waals surface area contributed by atoms with Crippen LogP contribution < -0.4 is 0 Å². The van der Waals surface area contributed by atoms with Gasteiger partial charge in [0.05, 0.1) is 9.79 Å². The smallest absolute Gasteiger partial charge is 0.331 e. The Hall–Kier alpha value is -3.19. The lowest BCUT2D eigenvalue weighted by Crippen LogP contribution is -2.07. The van der Waals surface area contributed by atoms with Crippen molar-refractivity contribution in [3.63, 3.8) is 0 Å². The second kappa shape index (κ2) is 8.01. The number of aliphatic carboxylic acids is 2. The second-order valence-electron chi connectivity index (χ2n) is 5.84. The van der Waals surface area contributed by atoms with Gasteiger partial charge < -0.3 is 10.2 Å². The first kappa shape index (κ1) is 20.1. The first-order valence-electron chi connectivity index (χ1n) is 7.91. The fourth-order valence-electron chi connectivity index (χ4n) is 2.40. The van der Waals surface area contributed by atoms with Crippen molar-refractivity contribution in [2.75, 3.05) is 0 Å². The molecule has 2 aromatic carbocycles. The van der Waals surface area contributed by atoms with E-state index in [-0.39, 0.29) is 32.1 Å². The van der Waals surface area contributed by atoms with Gasteiger partial charge in [0, 0.05) is 11.1 Å². The molecule has 2 N–H and O–H groups in total. The predicted molar refractivity (Wildman–Crippen MR) is 101 cm³/mol. The highest BCUT2D eigenvalue weighted by Crippen LogP contribution is 2.29. The maximum absolute atomic E-state index is 13.2. The van der Waals surface area contributed by atoms with Crippen LogP contribution in [0.2, 0.25) is 0 Å². The Labute approximate surface area is 157 Å². The van der Waals surface area contributed by atoms with Gasteiger partial charge in [-0.05, 0) is 49.3 Å². The van der Waals surface area contributed by atoms with Crippen LogP contribution >= 0.6 is 0 Å². The van der Waals surface area contributed by atoms with Gasteiger partial charge in [-0.2, -0.15) is 0 Å². The third kappa shape index (κ3) is 4.51. The molecule has 140 valence electrons. The Balaban J connectivity index is 2.70. The Morgan fingerprint density at radius 3 is 1.41 bits per heavy atom. The second-order valence-corrected chi connectivity index (χ2v) is 7.73. The van der Waals surface area contributed by atoms with E-state index in [4.69, 9.17) is 10.2 Å². The van der Waals surface area contributed by atoms with E-state index in [0.717, 1.165) is 0 Å². The van der Waals surface area contributed by atoms with Crippen LogP contribution in [0.4, 0.5) is 0 Å². The number of benzene rings is 2. The van der Waals surface area contributed by atoms with E-state index in [1.807, 2.05) is 0 Å². The molecule has 0 heterocycles. The molecule has 0 spiro atoms. The molecule has 0 fully saturated rings. The van der Waals surface area contributed by atoms with Crippen molar-refractivity contribution in [2.45, 2.75) is 23.6 Å². The molecule has 0 saturated heterocycles. The number of hydrogen-bond acceptors (Lipinski definition) is 4. The normalized spacial score (nSPS) is 12.7. The lowest BCUT2D eigenvalue weighted by molar-refractivity contribution is -0.133. The summed E-state index contributed by atoms with van der Waals surface area (Å²) >= 11 is 0. The molecule has 0 saturated carbocycles. The molecule has 2 aromatic rings. The van der Waals surface area contributed by atoms with Crippen molar-refractivity contribution in [1.29, 1.82) is 0 Å². The van der Waals surface area contributed by atoms with Crippen LogP contribution in [0.1, 0.15) is 25.0 Å². The topological polar surface area (TPSA) is 109 Å². The largest absolute Gasteiger partial charge is 0.478 e. The molecule has 0 bridgehead atoms. The minimum Gasteiger partial charge on any atom is -0.478 e. The van der Waals surface area contributed by atoms with E-state index in [0.29, 0.717) is 0 Å². The summed E-state index contributed by atoms with van der Waals surface area (Å²) < 4.78 is 26.4. The zero-order chi connectivity index (χ0) is 20.2. The summed E-state index contributed by atoms with van der Waals surface area (Å²) in [6.45, 7) is 2.75. The van der Waals surface area contributed by atoms with Crippen LogP contribution in [0.5, 0.6) is 0 Å². The van der Waals surface area contributed by atoms with Crippen molar-refractivity contribution in [3.05, 3.63) is 70.8 Å². The van der Waals surface area contributed by atoms with Crippen LogP contribution in [-0.4, -0.2) is 30.6 Å². The first-order chi connectivity index (χ1) is 12.6. The van der Waals surface area contributed by atoms with E-state index in [1.165, 1.54) is 50.3 Å². The Morgan fingerprint density at radius 1 is 0.741 bits per heavy atom. The minimum absolute atomic E-state index is 0.00690. The maximum Gasteiger partial charge on any atom is 0.331 e. The minimum atomic E-state index is -4.02. The van der Waals surface area contributed by atoms with Crippen LogP contribution in [0.15, 0.2) is 69.5 Å². The Bertz CT molecular complexity index is 982. The van der Waals surface area contributed by atoms with Crippen molar-refractivity contribution < 1.29 is 28.2 Å². The van der Waals surface area contributed by atoms with Gasteiger partial charge in [0.25, 0.3) is 0 Å². The zero-order valence-electron chi connectivity index (χ0n) is 14.7. The van der Waals surface area contributed by atoms with Crippen LogP contribution in [-0.2, 0) is 19.4 Å². The van der Waals surface area contributed by atoms with Gasteiger partial charge in [-0.25, -0.2) is 18.0 Å². The van der Waals surface area contributed by atoms with E-state index in [2.05, 4.69) is 0 Å². The summed E-state index contributed by atoms with van der Waals surface area (Å²) in [5, 5.41) is 18.1. The molecule has 7 heteroatoms. The molecule has 0 aliphatic rings. The van der Waals surface area contributed by atoms with Gasteiger partial charge >= 0.3 is 11.9 Å². The van der Waals surface area contributed by atoms with Gasteiger partial charge in [-0.1, -0.05) is 36.4 Å². The Kier molecular flexibility index (Phi) is 5.97. The molecule has 0 unspecified atom stereocenters. The zero-order valence-corrected chi connectivity index (χ0v) is 15.5. The number of sulfone groups is 1. The molecule has 0 aliphatic carbocycles. The van der Waals surface area contributed by atoms with E-state index in [9.17, 15) is 18.0 Å². The van der Waals surface area contributed by atoms with Crippen molar-refractivity contribution in [1.82, 2.24) is 0 Å². The molecule has 0 aliphatic heterocycles. The van der Waals surface area contributed by atoms with Gasteiger partial charge in [-0.15, -0.1) is 0 Å². The monoisotopic (exact) mass is 386 g/mol. The maximum atomic E-state index is 13.2. The van der Waals surface area contributed by atoms with Crippen molar-refractivity contribution >= 4 is 33.9 Å². The fourth-order valence-corrected chi connectivity index (χ4v) is 4.02. The molecule has 6 nitrogen and oxygen atoms in total. The third-order valence-electron chi connectivity index (χ3n) is 3.84. The lowest BCUT2D eigenvalue weighted by atomic mass is 10.1. The SMILES string of the molecule is CC(=Cc1ccccc1S(=O)(=O)c1ccccc1C=C(C)C(=O)O)C(=O)O. The molecule has 0 atom stereocenters. The van der Waals surface area contributed by atoms with E-state index < -0.39 is 21.8 Å². The molecule has 0 radical (unpaired) electrons. The molecular formula is C20H18O6S. The number of rotatable bonds is 6. The van der Waals surface area contributed by atoms with Gasteiger partial charge in [0.2, 0.25) is 9.84 Å². The van der Waals surface area contributed by atoms with Gasteiger partial charge in [0.1, 0.15) is 0 Å². The van der Waals surface area contributed by atoms with Gasteiger partial charge in [-0.3, -0.25) is 0 Å². The molecule has 0 aromatic heterocycles. The highest BCUT2D eigenvalue weighted by atomic mass is 32.2. The highest BCUT2D eigenvalue weighted by molar-refractivity contribution is 7.91. The van der Waals surface area contributed by atoms with Crippen molar-refractivity contribution in [3.8, 4) is 0 Å². The number of carboxylic acid groups (broad SMARTS) is 2. The predicted octanol–water partition coefficient (Wildman–Crippen LogP) is 3.50. The van der Waals surface area contributed by atoms with Gasteiger partial charge in [0.15, 0.2) is 0 Å². The average molecular weight is 386 g/mol. The summed E-state index contributed by atoms with van der Waals surface area (Å²) in [6.07, 6.45) is 2.58. The first-order valence-corrected chi connectivity index (χ1v) is 9.39. The van der Waals surface area contributed by atoms with E-state index in [1.54, 1.807) is 24.3 Å². The molecule has 27 heavy (non-hydrogen) atoms. The van der Waals surface area contributed by atoms with Crippen LogP contribution in [0.25, 0.3) is 12.2 Å². The summed E-state index contributed by atoms with van der Waals surface area (Å²) in [4.78, 5) is 22.1. The highest BCUT2D eigenvalue weighted by Gasteiger charge is 2.23. The van der Waals surface area contributed by atoms with Crippen molar-refractivity contribution in [2.24, 2.45) is 0 Å². The summed E-state index contributed by atoms with van der Waals surface area (Å²) in [5.41, 5.74) is 0.470. The van der Waals surface area contributed by atoms with E-state index >= 15 is 0 Å². The summed E-state index contributed by atoms with van der Waals surface area (Å²) in [7, 11) is -4.02. The summed E-state index contributed by atoms with van der Waals surface area (Å²) in [6, 6.07) is 12.1. The average Bonchev–Trinajstić information content (AvgIpc) is 2.62. The van der Waals surface area contributed by atoms with Crippen LogP contribution in [0.3, 0.4) is 0 Å². The third-order valence-corrected chi connectivity index (χ3v) is 5.74. The number of carbonyl (C=O) groups is 2.